The largest absolute Gasteiger partial charge is 0.369 e. The van der Waals surface area contributed by atoms with Gasteiger partial charge in [-0.25, -0.2) is 8.42 Å². The molecule has 0 aromatic heterocycles. The lowest BCUT2D eigenvalue weighted by atomic mass is 10.8. The molecule has 2 N–H and O–H groups in total. The zero-order valence-electron chi connectivity index (χ0n) is 4.42. The number of carbonyl (C=O) groups excluding carboxylic acids is 1. The third-order valence-electron chi connectivity index (χ3n) is 0.404. The lowest BCUT2D eigenvalue weighted by Gasteiger charge is -1.87. The van der Waals surface area contributed by atoms with Crippen LogP contribution in [-0.2, 0) is 14.6 Å². The topological polar surface area (TPSA) is 77.2 Å². The van der Waals surface area contributed by atoms with Gasteiger partial charge >= 0.3 is 0 Å². The van der Waals surface area contributed by atoms with Gasteiger partial charge in [0, 0.05) is 6.26 Å². The van der Waals surface area contributed by atoms with Gasteiger partial charge in [-0.2, -0.15) is 0 Å². The van der Waals surface area contributed by atoms with E-state index in [1.54, 1.807) is 0 Å². The van der Waals surface area contributed by atoms with Crippen molar-refractivity contribution in [2.75, 3.05) is 12.0 Å². The highest BCUT2D eigenvalue weighted by molar-refractivity contribution is 7.91. The van der Waals surface area contributed by atoms with Crippen LogP contribution in [0.1, 0.15) is 0 Å². The molecule has 0 saturated heterocycles. The molecule has 0 aliphatic heterocycles. The number of amides is 1. The number of rotatable bonds is 2. The van der Waals surface area contributed by atoms with Gasteiger partial charge in [-0.05, 0) is 0 Å². The van der Waals surface area contributed by atoms with Crippen molar-refractivity contribution in [2.45, 2.75) is 0 Å². The second-order valence-electron chi connectivity index (χ2n) is 1.54. The third-order valence-corrected chi connectivity index (χ3v) is 1.21. The highest BCUT2D eigenvalue weighted by Crippen LogP contribution is 1.77. The monoisotopic (exact) mass is 137 g/mol. The Kier molecular flexibility index (Phi) is 1.97. The van der Waals surface area contributed by atoms with E-state index >= 15 is 0 Å². The maximum Gasteiger partial charge on any atom is 0.232 e. The van der Waals surface area contributed by atoms with Crippen molar-refractivity contribution in [2.24, 2.45) is 5.73 Å². The fourth-order valence-electron chi connectivity index (χ4n) is 0.258. The Balaban J connectivity index is 3.95. The van der Waals surface area contributed by atoms with Crippen LogP contribution in [0.3, 0.4) is 0 Å². The lowest BCUT2D eigenvalue weighted by molar-refractivity contribution is -0.115. The van der Waals surface area contributed by atoms with Crippen LogP contribution < -0.4 is 5.73 Å². The first-order valence-corrected chi connectivity index (χ1v) is 3.94. The molecule has 0 aromatic rings. The van der Waals surface area contributed by atoms with Crippen molar-refractivity contribution >= 4 is 15.7 Å². The van der Waals surface area contributed by atoms with E-state index in [1.165, 1.54) is 0 Å². The number of sulfone groups is 1. The minimum atomic E-state index is -3.20. The number of hydrogen-bond acceptors (Lipinski definition) is 3. The van der Waals surface area contributed by atoms with Crippen LogP contribution in [-0.4, -0.2) is 26.3 Å². The summed E-state index contributed by atoms with van der Waals surface area (Å²) in [6.07, 6.45) is 0.956. The molecule has 0 fully saturated rings. The normalized spacial score (nSPS) is 11.1. The molecule has 0 aliphatic carbocycles. The average Bonchev–Trinajstić information content (AvgIpc) is 1.21. The van der Waals surface area contributed by atoms with Crippen molar-refractivity contribution in [1.82, 2.24) is 0 Å². The zero-order valence-corrected chi connectivity index (χ0v) is 5.23. The molecular formula is C3H7NO3S. The predicted octanol–water partition coefficient (Wildman–Crippen LogP) is -1.48. The Morgan fingerprint density at radius 2 is 2.00 bits per heavy atom. The zero-order chi connectivity index (χ0) is 6.78. The Hall–Kier alpha value is -0.580. The van der Waals surface area contributed by atoms with Gasteiger partial charge in [0.1, 0.15) is 5.75 Å². The Bertz CT molecular complexity index is 181. The molecule has 0 rings (SSSR count). The summed E-state index contributed by atoms with van der Waals surface area (Å²) in [5, 5.41) is 0. The van der Waals surface area contributed by atoms with Gasteiger partial charge in [0.15, 0.2) is 9.84 Å². The Morgan fingerprint density at radius 1 is 1.62 bits per heavy atom. The molecule has 0 bridgehead atoms. The molecule has 4 nitrogen and oxygen atoms in total. The molecule has 0 unspecified atom stereocenters. The van der Waals surface area contributed by atoms with Crippen LogP contribution in [0.2, 0.25) is 0 Å². The lowest BCUT2D eigenvalue weighted by Crippen LogP contribution is -2.21. The van der Waals surface area contributed by atoms with Crippen LogP contribution in [0.5, 0.6) is 0 Å². The molecule has 48 valence electrons. The summed E-state index contributed by atoms with van der Waals surface area (Å²) >= 11 is 0. The first-order valence-electron chi connectivity index (χ1n) is 1.88. The first kappa shape index (κ1) is 7.42. The van der Waals surface area contributed by atoms with E-state index in [1.807, 2.05) is 0 Å². The van der Waals surface area contributed by atoms with Gasteiger partial charge in [-0.3, -0.25) is 4.79 Å². The summed E-state index contributed by atoms with van der Waals surface area (Å²) in [5.74, 6) is -1.38. The average molecular weight is 137 g/mol. The predicted molar refractivity (Wildman–Crippen MR) is 28.9 cm³/mol. The van der Waals surface area contributed by atoms with Gasteiger partial charge in [-0.15, -0.1) is 0 Å². The van der Waals surface area contributed by atoms with Crippen molar-refractivity contribution in [1.29, 1.82) is 0 Å². The third kappa shape index (κ3) is 5.42. The molecule has 0 heterocycles. The summed E-state index contributed by atoms with van der Waals surface area (Å²) in [6.45, 7) is 0. The number of primary amides is 1. The van der Waals surface area contributed by atoms with E-state index in [0.29, 0.717) is 0 Å². The number of nitrogens with two attached hydrogens (primary N) is 1. The van der Waals surface area contributed by atoms with Gasteiger partial charge < -0.3 is 5.73 Å². The highest BCUT2D eigenvalue weighted by Gasteiger charge is 2.04. The molecule has 0 spiro atoms. The fourth-order valence-corrected chi connectivity index (χ4v) is 0.775. The Morgan fingerprint density at radius 3 is 2.00 bits per heavy atom. The SMILES string of the molecule is CS(=O)(=O)CC(N)=O. The van der Waals surface area contributed by atoms with Crippen molar-refractivity contribution in [3.8, 4) is 0 Å². The van der Waals surface area contributed by atoms with E-state index in [-0.39, 0.29) is 0 Å². The summed E-state index contributed by atoms with van der Waals surface area (Å²) in [6, 6.07) is 0. The van der Waals surface area contributed by atoms with E-state index in [9.17, 15) is 13.2 Å². The molecule has 0 aromatic carbocycles. The fraction of sp³-hybridized carbons (Fsp3) is 0.667. The molecule has 0 aliphatic rings. The molecule has 1 amide bonds. The van der Waals surface area contributed by atoms with E-state index in [4.69, 9.17) is 0 Å². The second-order valence-corrected chi connectivity index (χ2v) is 3.68. The van der Waals surface area contributed by atoms with Crippen molar-refractivity contribution < 1.29 is 13.2 Å². The minimum absolute atomic E-state index is 0.563. The standard InChI is InChI=1S/C3H7NO3S/c1-8(6,7)2-3(4)5/h2H2,1H3,(H2,4,5). The van der Waals surface area contributed by atoms with Crippen molar-refractivity contribution in [3.63, 3.8) is 0 Å². The summed E-state index contributed by atoms with van der Waals surface area (Å²) in [4.78, 5) is 9.86. The summed E-state index contributed by atoms with van der Waals surface area (Å²) in [5.41, 5.74) is 4.56. The van der Waals surface area contributed by atoms with Crippen LogP contribution in [0.4, 0.5) is 0 Å². The maximum atomic E-state index is 10.1. The van der Waals surface area contributed by atoms with E-state index in [2.05, 4.69) is 5.73 Å². The van der Waals surface area contributed by atoms with Gasteiger partial charge in [0.25, 0.3) is 0 Å². The van der Waals surface area contributed by atoms with Crippen LogP contribution in [0, 0.1) is 0 Å². The first-order chi connectivity index (χ1) is 3.42. The van der Waals surface area contributed by atoms with Gasteiger partial charge in [-0.1, -0.05) is 0 Å². The van der Waals surface area contributed by atoms with Crippen LogP contribution in [0.25, 0.3) is 0 Å². The second kappa shape index (κ2) is 2.13. The quantitative estimate of drug-likeness (QED) is 0.504. The van der Waals surface area contributed by atoms with E-state index in [0.717, 1.165) is 6.26 Å². The number of carbonyl (C=O) groups is 1. The Labute approximate surface area is 47.6 Å². The molecule has 0 atom stereocenters. The molecule has 0 radical (unpaired) electrons. The van der Waals surface area contributed by atoms with Crippen LogP contribution in [0.15, 0.2) is 0 Å². The minimum Gasteiger partial charge on any atom is -0.369 e. The summed E-state index contributed by atoms with van der Waals surface area (Å²) in [7, 11) is -3.20. The summed E-state index contributed by atoms with van der Waals surface area (Å²) < 4.78 is 20.3. The molecular weight excluding hydrogens is 130 g/mol. The van der Waals surface area contributed by atoms with Crippen molar-refractivity contribution in [3.05, 3.63) is 0 Å². The highest BCUT2D eigenvalue weighted by atomic mass is 32.2. The smallest absolute Gasteiger partial charge is 0.232 e. The molecule has 5 heteroatoms. The van der Waals surface area contributed by atoms with E-state index < -0.39 is 21.5 Å². The molecule has 8 heavy (non-hydrogen) atoms. The number of hydrogen-bond donors (Lipinski definition) is 1. The van der Waals surface area contributed by atoms with Gasteiger partial charge in [0.05, 0.1) is 0 Å². The van der Waals surface area contributed by atoms with Crippen LogP contribution >= 0.6 is 0 Å². The molecule has 0 saturated carbocycles. The maximum absolute atomic E-state index is 10.1. The van der Waals surface area contributed by atoms with Gasteiger partial charge in [0.2, 0.25) is 5.91 Å².